The van der Waals surface area contributed by atoms with Gasteiger partial charge in [0.15, 0.2) is 6.04 Å². The van der Waals surface area contributed by atoms with Crippen molar-refractivity contribution in [2.45, 2.75) is 104 Å². The van der Waals surface area contributed by atoms with Crippen LogP contribution in [0.15, 0.2) is 54.6 Å². The molecule has 0 aliphatic carbocycles. The molecule has 2 rings (SSSR count). The van der Waals surface area contributed by atoms with Crippen LogP contribution < -0.4 is 4.74 Å². The Morgan fingerprint density at radius 1 is 0.833 bits per heavy atom. The van der Waals surface area contributed by atoms with Crippen molar-refractivity contribution in [3.05, 3.63) is 65.7 Å². The van der Waals surface area contributed by atoms with E-state index in [1.807, 2.05) is 31.2 Å². The van der Waals surface area contributed by atoms with Gasteiger partial charge in [-0.05, 0) is 43.9 Å². The molecule has 2 unspecified atom stereocenters. The first-order chi connectivity index (χ1) is 17.4. The average Bonchev–Trinajstić information content (AvgIpc) is 2.88. The third kappa shape index (κ3) is 11.2. The van der Waals surface area contributed by atoms with Crippen LogP contribution in [0.25, 0.3) is 0 Å². The number of nitrogens with zero attached hydrogens (tertiary/aromatic N) is 1. The van der Waals surface area contributed by atoms with Gasteiger partial charge in [0.25, 0.3) is 0 Å². The zero-order chi connectivity index (χ0) is 26.2. The standard InChI is InChI=1S/C32H50NO3/c1-6-8-9-10-11-12-13-15-19-28-22-18-23-31(24-28)36-30(7-2)26-35-32(34)27(3)33(4,5)25-29-20-16-14-17-21-29/h14,16-18,20-24,27,30H,6-13,15,19,25-26H2,1-5H3/q+1. The summed E-state index contributed by atoms with van der Waals surface area (Å²) in [7, 11) is 4.15. The van der Waals surface area contributed by atoms with Gasteiger partial charge >= 0.3 is 5.97 Å². The molecule has 2 aromatic rings. The Hall–Kier alpha value is -2.33. The minimum atomic E-state index is -0.266. The zero-order valence-electron chi connectivity index (χ0n) is 23.5. The smallest absolute Gasteiger partial charge is 0.364 e. The molecule has 4 nitrogen and oxygen atoms in total. The van der Waals surface area contributed by atoms with Crippen LogP contribution in [0.2, 0.25) is 0 Å². The van der Waals surface area contributed by atoms with Gasteiger partial charge in [0, 0.05) is 5.56 Å². The summed E-state index contributed by atoms with van der Waals surface area (Å²) in [4.78, 5) is 12.9. The molecule has 0 saturated heterocycles. The number of aryl methyl sites for hydroxylation is 1. The molecule has 0 aliphatic heterocycles. The van der Waals surface area contributed by atoms with Crippen molar-refractivity contribution in [1.82, 2.24) is 0 Å². The Morgan fingerprint density at radius 3 is 2.14 bits per heavy atom. The van der Waals surface area contributed by atoms with Crippen LogP contribution in [0.5, 0.6) is 5.75 Å². The van der Waals surface area contributed by atoms with E-state index in [0.717, 1.165) is 25.1 Å². The second-order valence-corrected chi connectivity index (χ2v) is 10.7. The predicted octanol–water partition coefficient (Wildman–Crippen LogP) is 7.74. The van der Waals surface area contributed by atoms with Crippen molar-refractivity contribution >= 4 is 5.97 Å². The first-order valence-corrected chi connectivity index (χ1v) is 14.1. The van der Waals surface area contributed by atoms with Crippen molar-refractivity contribution in [3.63, 3.8) is 0 Å². The number of benzene rings is 2. The molecule has 0 saturated carbocycles. The van der Waals surface area contributed by atoms with E-state index in [4.69, 9.17) is 9.47 Å². The molecular weight excluding hydrogens is 446 g/mol. The van der Waals surface area contributed by atoms with Gasteiger partial charge in [0.2, 0.25) is 0 Å². The number of ether oxygens (including phenoxy) is 2. The fourth-order valence-electron chi connectivity index (χ4n) is 4.44. The lowest BCUT2D eigenvalue weighted by atomic mass is 10.0. The fraction of sp³-hybridized carbons (Fsp3) is 0.594. The molecule has 2 aromatic carbocycles. The number of hydrogen-bond acceptors (Lipinski definition) is 3. The van der Waals surface area contributed by atoms with E-state index in [1.54, 1.807) is 0 Å². The number of esters is 1. The molecule has 0 radical (unpaired) electrons. The van der Waals surface area contributed by atoms with Gasteiger partial charge < -0.3 is 14.0 Å². The minimum absolute atomic E-state index is 0.149. The van der Waals surface area contributed by atoms with Crippen molar-refractivity contribution < 1.29 is 18.8 Å². The monoisotopic (exact) mass is 496 g/mol. The Balaban J connectivity index is 1.76. The van der Waals surface area contributed by atoms with Crippen LogP contribution >= 0.6 is 0 Å². The van der Waals surface area contributed by atoms with Gasteiger partial charge in [-0.2, -0.15) is 0 Å². The molecule has 36 heavy (non-hydrogen) atoms. The number of carbonyl (C=O) groups excluding carboxylic acids is 1. The summed E-state index contributed by atoms with van der Waals surface area (Å²) in [5, 5.41) is 0. The van der Waals surface area contributed by atoms with Gasteiger partial charge in [0.05, 0.1) is 14.1 Å². The summed E-state index contributed by atoms with van der Waals surface area (Å²) in [6.07, 6.45) is 12.4. The van der Waals surface area contributed by atoms with Gasteiger partial charge in [-0.3, -0.25) is 0 Å². The maximum absolute atomic E-state index is 12.9. The summed E-state index contributed by atoms with van der Waals surface area (Å²) in [6.45, 7) is 7.33. The number of hydrogen-bond donors (Lipinski definition) is 0. The molecule has 200 valence electrons. The van der Waals surface area contributed by atoms with E-state index in [-0.39, 0.29) is 24.7 Å². The van der Waals surface area contributed by atoms with Gasteiger partial charge in [-0.1, -0.05) is 101 Å². The Labute approximate surface area is 220 Å². The molecule has 0 amide bonds. The van der Waals surface area contributed by atoms with Crippen LogP contribution in [-0.4, -0.2) is 43.3 Å². The molecular formula is C32H50NO3+. The van der Waals surface area contributed by atoms with E-state index in [1.165, 1.54) is 62.5 Å². The van der Waals surface area contributed by atoms with E-state index in [9.17, 15) is 4.79 Å². The van der Waals surface area contributed by atoms with Crippen LogP contribution in [-0.2, 0) is 22.5 Å². The largest absolute Gasteiger partial charge is 0.487 e. The highest BCUT2D eigenvalue weighted by atomic mass is 16.6. The average molecular weight is 497 g/mol. The van der Waals surface area contributed by atoms with Crippen molar-refractivity contribution in [2.24, 2.45) is 0 Å². The first-order valence-electron chi connectivity index (χ1n) is 14.1. The summed E-state index contributed by atoms with van der Waals surface area (Å²) in [5.74, 6) is 0.685. The molecule has 0 N–H and O–H groups in total. The Bertz CT molecular complexity index is 865. The number of likely N-dealkylation sites (N-methyl/N-ethyl adjacent to an activating group) is 1. The normalized spacial score (nSPS) is 13.2. The number of unbranched alkanes of at least 4 members (excludes halogenated alkanes) is 7. The third-order valence-corrected chi connectivity index (χ3v) is 7.21. The number of rotatable bonds is 18. The molecule has 0 fully saturated rings. The summed E-state index contributed by atoms with van der Waals surface area (Å²) in [6, 6.07) is 18.4. The van der Waals surface area contributed by atoms with E-state index < -0.39 is 0 Å². The van der Waals surface area contributed by atoms with Gasteiger partial charge in [-0.15, -0.1) is 0 Å². The van der Waals surface area contributed by atoms with Gasteiger partial charge in [-0.25, -0.2) is 4.79 Å². The Kier molecular flexibility index (Phi) is 13.6. The molecule has 0 spiro atoms. The molecule has 0 aliphatic rings. The van der Waals surface area contributed by atoms with Crippen molar-refractivity contribution in [2.75, 3.05) is 20.7 Å². The summed E-state index contributed by atoms with van der Waals surface area (Å²) < 4.78 is 12.5. The van der Waals surface area contributed by atoms with Crippen LogP contribution in [0.3, 0.4) is 0 Å². The molecule has 0 heterocycles. The van der Waals surface area contributed by atoms with E-state index >= 15 is 0 Å². The summed E-state index contributed by atoms with van der Waals surface area (Å²) >= 11 is 0. The Morgan fingerprint density at radius 2 is 1.47 bits per heavy atom. The highest BCUT2D eigenvalue weighted by Gasteiger charge is 2.32. The summed E-state index contributed by atoms with van der Waals surface area (Å²) in [5.41, 5.74) is 2.53. The molecule has 0 bridgehead atoms. The van der Waals surface area contributed by atoms with Crippen molar-refractivity contribution in [1.29, 1.82) is 0 Å². The van der Waals surface area contributed by atoms with Crippen LogP contribution in [0.1, 0.15) is 89.7 Å². The number of carbonyl (C=O) groups is 1. The van der Waals surface area contributed by atoms with E-state index in [0.29, 0.717) is 4.48 Å². The quantitative estimate of drug-likeness (QED) is 0.120. The lowest BCUT2D eigenvalue weighted by Crippen LogP contribution is -2.51. The highest BCUT2D eigenvalue weighted by Crippen LogP contribution is 2.20. The lowest BCUT2D eigenvalue weighted by molar-refractivity contribution is -0.917. The second kappa shape index (κ2) is 16.4. The first kappa shape index (κ1) is 29.9. The zero-order valence-corrected chi connectivity index (χ0v) is 23.5. The highest BCUT2D eigenvalue weighted by molar-refractivity contribution is 5.74. The predicted molar refractivity (Wildman–Crippen MR) is 150 cm³/mol. The third-order valence-electron chi connectivity index (χ3n) is 7.21. The molecule has 0 aromatic heterocycles. The molecule has 4 heteroatoms. The number of quaternary nitrogens is 1. The minimum Gasteiger partial charge on any atom is -0.487 e. The fourth-order valence-corrected chi connectivity index (χ4v) is 4.44. The maximum Gasteiger partial charge on any atom is 0.364 e. The SMILES string of the molecule is CCCCCCCCCCc1cccc(OC(CC)COC(=O)C(C)[N+](C)(C)Cc2ccccc2)c1. The van der Waals surface area contributed by atoms with E-state index in [2.05, 4.69) is 58.3 Å². The molecule has 2 atom stereocenters. The van der Waals surface area contributed by atoms with Crippen LogP contribution in [0.4, 0.5) is 0 Å². The topological polar surface area (TPSA) is 35.5 Å². The lowest BCUT2D eigenvalue weighted by Gasteiger charge is -2.34. The van der Waals surface area contributed by atoms with Gasteiger partial charge in [0.1, 0.15) is 25.0 Å². The van der Waals surface area contributed by atoms with Crippen molar-refractivity contribution in [3.8, 4) is 5.75 Å². The second-order valence-electron chi connectivity index (χ2n) is 10.7. The maximum atomic E-state index is 12.9. The van der Waals surface area contributed by atoms with Crippen LogP contribution in [0, 0.1) is 0 Å².